The molecular weight excluding hydrogens is 338 g/mol. The van der Waals surface area contributed by atoms with E-state index in [0.29, 0.717) is 0 Å². The van der Waals surface area contributed by atoms with Gasteiger partial charge in [0.15, 0.2) is 0 Å². The summed E-state index contributed by atoms with van der Waals surface area (Å²) in [6.07, 6.45) is 16.1. The monoisotopic (exact) mass is 374 g/mol. The van der Waals surface area contributed by atoms with Gasteiger partial charge in [0.1, 0.15) is 0 Å². The van der Waals surface area contributed by atoms with Gasteiger partial charge in [-0.2, -0.15) is 59.7 Å². The summed E-state index contributed by atoms with van der Waals surface area (Å²) in [5.74, 6) is 0. The van der Waals surface area contributed by atoms with Gasteiger partial charge in [-0.15, -0.1) is 11.1 Å². The first-order chi connectivity index (χ1) is 13.3. The minimum atomic E-state index is 0. The average molecular weight is 374 g/mol. The molecule has 0 spiro atoms. The third kappa shape index (κ3) is 6.31. The first-order valence-electron chi connectivity index (χ1n) is 11.3. The van der Waals surface area contributed by atoms with Gasteiger partial charge in [0.2, 0.25) is 0 Å². The van der Waals surface area contributed by atoms with Gasteiger partial charge in [0.25, 0.3) is 0 Å². The Bertz CT molecular complexity index is 646. The van der Waals surface area contributed by atoms with E-state index in [-0.39, 0.29) is 43.1 Å². The largest absolute Gasteiger partial charge is 1.00 e. The molecule has 0 bridgehead atoms. The van der Waals surface area contributed by atoms with Crippen LogP contribution in [-0.2, 0) is 5.41 Å². The molecule has 0 saturated carbocycles. The van der Waals surface area contributed by atoms with E-state index in [4.69, 9.17) is 0 Å². The predicted molar refractivity (Wildman–Crippen MR) is 117 cm³/mol. The SMILES string of the molecule is CCCCCCCC1(CCCCCCC)c2c[c-]ccc2-c2cc[c-]cc21.[Li+].[Li+]. The molecule has 146 valence electrons. The number of fused-ring (bicyclic) bond motifs is 3. The Hall–Kier alpha value is -0.365. The van der Waals surface area contributed by atoms with Crippen LogP contribution in [0.1, 0.15) is 102 Å². The molecule has 0 aliphatic heterocycles. The smallest absolute Gasteiger partial charge is 0.184 e. The van der Waals surface area contributed by atoms with Gasteiger partial charge < -0.3 is 0 Å². The molecule has 0 unspecified atom stereocenters. The van der Waals surface area contributed by atoms with Gasteiger partial charge in [0, 0.05) is 0 Å². The van der Waals surface area contributed by atoms with Crippen LogP contribution < -0.4 is 37.7 Å². The second kappa shape index (κ2) is 13.8. The van der Waals surface area contributed by atoms with Crippen molar-refractivity contribution >= 4 is 0 Å². The van der Waals surface area contributed by atoms with E-state index in [2.05, 4.69) is 62.4 Å². The van der Waals surface area contributed by atoms with Crippen molar-refractivity contribution in [1.82, 2.24) is 0 Å². The average Bonchev–Trinajstić information content (AvgIpc) is 2.99. The minimum absolute atomic E-state index is 0. The summed E-state index contributed by atoms with van der Waals surface area (Å²) in [5, 5.41) is 0. The zero-order valence-electron chi connectivity index (χ0n) is 19.4. The topological polar surface area (TPSA) is 0 Å². The van der Waals surface area contributed by atoms with Gasteiger partial charge in [-0.1, -0.05) is 96.3 Å². The zero-order chi connectivity index (χ0) is 19.0. The summed E-state index contributed by atoms with van der Waals surface area (Å²) < 4.78 is 0. The molecule has 0 saturated heterocycles. The van der Waals surface area contributed by atoms with E-state index in [0.717, 1.165) is 0 Å². The molecule has 0 heterocycles. The molecule has 0 N–H and O–H groups in total. The molecule has 3 rings (SSSR count). The Morgan fingerprint density at radius 1 is 0.621 bits per heavy atom. The Kier molecular flexibility index (Phi) is 12.7. The third-order valence-electron chi connectivity index (χ3n) is 6.46. The summed E-state index contributed by atoms with van der Waals surface area (Å²) >= 11 is 0. The van der Waals surface area contributed by atoms with Crippen LogP contribution in [0.5, 0.6) is 0 Å². The summed E-state index contributed by atoms with van der Waals surface area (Å²) in [7, 11) is 0. The predicted octanol–water partition coefficient (Wildman–Crippen LogP) is 2.28. The molecule has 0 atom stereocenters. The van der Waals surface area contributed by atoms with Crippen molar-refractivity contribution in [2.45, 2.75) is 96.3 Å². The maximum atomic E-state index is 3.39. The molecule has 1 aliphatic carbocycles. The van der Waals surface area contributed by atoms with Crippen LogP contribution in [0.25, 0.3) is 11.1 Å². The molecule has 0 nitrogen and oxygen atoms in total. The van der Waals surface area contributed by atoms with Crippen molar-refractivity contribution in [2.75, 3.05) is 0 Å². The van der Waals surface area contributed by atoms with Gasteiger partial charge in [0.05, 0.1) is 0 Å². The number of benzene rings is 2. The van der Waals surface area contributed by atoms with Crippen LogP contribution in [0, 0.1) is 12.1 Å². The number of rotatable bonds is 12. The van der Waals surface area contributed by atoms with Gasteiger partial charge in [-0.3, -0.25) is 0 Å². The van der Waals surface area contributed by atoms with Gasteiger partial charge in [-0.25, -0.2) is 0 Å². The number of hydrogen-bond acceptors (Lipinski definition) is 0. The maximum absolute atomic E-state index is 3.39. The fraction of sp³-hybridized carbons (Fsp3) is 0.556. The standard InChI is InChI=1S/C27H36.2Li/c1-3-5-7-9-15-21-27(22-16-10-8-6-4-2)25-19-13-11-17-23(25)24-18-12-14-20-26(24)27;;/h11-12,17-20H,3-10,15-16,21-22H2,1-2H3;;/q-2;2*+1. The van der Waals surface area contributed by atoms with Crippen molar-refractivity contribution < 1.29 is 37.7 Å². The Labute approximate surface area is 204 Å². The molecular formula is C27H36Li2. The van der Waals surface area contributed by atoms with Crippen LogP contribution in [0.4, 0.5) is 0 Å². The first-order valence-corrected chi connectivity index (χ1v) is 11.3. The third-order valence-corrected chi connectivity index (χ3v) is 6.46. The molecule has 0 fully saturated rings. The molecule has 0 aromatic heterocycles. The molecule has 29 heavy (non-hydrogen) atoms. The van der Waals surface area contributed by atoms with Crippen molar-refractivity contribution in [1.29, 1.82) is 0 Å². The molecule has 2 aromatic carbocycles. The van der Waals surface area contributed by atoms with Crippen LogP contribution in [0.2, 0.25) is 0 Å². The molecule has 1 aliphatic rings. The Balaban J connectivity index is 0.00000210. The fourth-order valence-electron chi connectivity index (χ4n) is 4.99. The quantitative estimate of drug-likeness (QED) is 0.304. The molecule has 0 radical (unpaired) electrons. The van der Waals surface area contributed by atoms with Crippen LogP contribution in [0.15, 0.2) is 36.4 Å². The number of unbranched alkanes of at least 4 members (excludes halogenated alkanes) is 8. The van der Waals surface area contributed by atoms with E-state index >= 15 is 0 Å². The van der Waals surface area contributed by atoms with Crippen molar-refractivity contribution in [3.05, 3.63) is 59.7 Å². The first kappa shape index (κ1) is 26.7. The van der Waals surface area contributed by atoms with Crippen LogP contribution in [-0.4, -0.2) is 0 Å². The molecule has 2 aromatic rings. The van der Waals surface area contributed by atoms with E-state index in [1.54, 1.807) is 0 Å². The van der Waals surface area contributed by atoms with E-state index in [9.17, 15) is 0 Å². The summed E-state index contributed by atoms with van der Waals surface area (Å²) in [5.41, 5.74) is 6.15. The van der Waals surface area contributed by atoms with Crippen LogP contribution in [0.3, 0.4) is 0 Å². The van der Waals surface area contributed by atoms with E-state index in [1.807, 2.05) is 0 Å². The summed E-state index contributed by atoms with van der Waals surface area (Å²) in [6.45, 7) is 4.60. The Morgan fingerprint density at radius 2 is 1.03 bits per heavy atom. The van der Waals surface area contributed by atoms with E-state index in [1.165, 1.54) is 99.3 Å². The van der Waals surface area contributed by atoms with Crippen molar-refractivity contribution in [3.8, 4) is 11.1 Å². The number of hydrogen-bond donors (Lipinski definition) is 0. The van der Waals surface area contributed by atoms with Crippen molar-refractivity contribution in [3.63, 3.8) is 0 Å². The normalized spacial score (nSPS) is 13.2. The second-order valence-corrected chi connectivity index (χ2v) is 8.35. The minimum Gasteiger partial charge on any atom is -0.184 e. The molecule has 2 heteroatoms. The van der Waals surface area contributed by atoms with Crippen LogP contribution >= 0.6 is 0 Å². The summed E-state index contributed by atoms with van der Waals surface area (Å²) in [4.78, 5) is 0. The second-order valence-electron chi connectivity index (χ2n) is 8.35. The fourth-order valence-corrected chi connectivity index (χ4v) is 4.99. The molecule has 0 amide bonds. The van der Waals surface area contributed by atoms with Gasteiger partial charge in [-0.05, 0) is 0 Å². The Morgan fingerprint density at radius 3 is 1.45 bits per heavy atom. The summed E-state index contributed by atoms with van der Waals surface area (Å²) in [6, 6.07) is 20.1. The maximum Gasteiger partial charge on any atom is 1.00 e. The van der Waals surface area contributed by atoms with E-state index < -0.39 is 0 Å². The zero-order valence-corrected chi connectivity index (χ0v) is 19.4. The van der Waals surface area contributed by atoms with Gasteiger partial charge >= 0.3 is 37.7 Å². The van der Waals surface area contributed by atoms with Crippen molar-refractivity contribution in [2.24, 2.45) is 0 Å².